The maximum absolute atomic E-state index is 12.8. The summed E-state index contributed by atoms with van der Waals surface area (Å²) >= 11 is 0. The lowest BCUT2D eigenvalue weighted by atomic mass is 9.80. The molecule has 8 rings (SSSR count). The highest BCUT2D eigenvalue weighted by Crippen LogP contribution is 2.42. The fourth-order valence-electron chi connectivity index (χ4n) is 8.48. The number of carbonyl (C=O) groups excluding carboxylic acids is 2. The predicted octanol–water partition coefficient (Wildman–Crippen LogP) is 12.0. The maximum atomic E-state index is 12.8. The number of carbonyl (C=O) groups is 2. The molecule has 65 heavy (non-hydrogen) atoms. The highest BCUT2D eigenvalue weighted by molar-refractivity contribution is 5.86. The fourth-order valence-corrected chi connectivity index (χ4v) is 8.48. The summed E-state index contributed by atoms with van der Waals surface area (Å²) in [5.41, 5.74) is 6.60. The van der Waals surface area contributed by atoms with Crippen molar-refractivity contribution < 1.29 is 33.4 Å². The molecular weight excluding hydrogens is 813 g/mol. The molecule has 9 nitrogen and oxygen atoms in total. The molecule has 1 fully saturated rings. The van der Waals surface area contributed by atoms with Gasteiger partial charge < -0.3 is 29.1 Å². The highest BCUT2D eigenvalue weighted by atomic mass is 16.8. The van der Waals surface area contributed by atoms with E-state index >= 15 is 0 Å². The van der Waals surface area contributed by atoms with Gasteiger partial charge in [0.25, 0.3) is 0 Å². The van der Waals surface area contributed by atoms with Gasteiger partial charge in [0.2, 0.25) is 0 Å². The zero-order valence-corrected chi connectivity index (χ0v) is 37.2. The number of nitrogens with one attached hydrogen (secondary N) is 1. The number of alkyl carbamates (subject to hydrolysis) is 1. The molecule has 1 aliphatic rings. The molecule has 1 heterocycles. The van der Waals surface area contributed by atoms with E-state index in [4.69, 9.17) is 23.8 Å². The Morgan fingerprint density at radius 3 is 1.85 bits per heavy atom. The summed E-state index contributed by atoms with van der Waals surface area (Å²) in [6.45, 7) is 7.51. The minimum atomic E-state index is -0.863. The van der Waals surface area contributed by atoms with Crippen molar-refractivity contribution in [3.63, 3.8) is 0 Å². The molecule has 9 heteroatoms. The van der Waals surface area contributed by atoms with Crippen LogP contribution in [0.25, 0.3) is 10.8 Å². The average molecular weight is 869 g/mol. The van der Waals surface area contributed by atoms with Gasteiger partial charge in [-0.15, -0.1) is 5.06 Å². The summed E-state index contributed by atoms with van der Waals surface area (Å²) in [4.78, 5) is 30.9. The molecule has 2 unspecified atom stereocenters. The molecule has 0 bridgehead atoms. The van der Waals surface area contributed by atoms with Gasteiger partial charge in [-0.05, 0) is 88.5 Å². The van der Waals surface area contributed by atoms with E-state index < -0.39 is 23.5 Å². The van der Waals surface area contributed by atoms with Gasteiger partial charge in [0.1, 0.15) is 17.8 Å². The maximum Gasteiger partial charge on any atom is 0.528 e. The monoisotopic (exact) mass is 868 g/mol. The second kappa shape index (κ2) is 20.8. The largest absolute Gasteiger partial charge is 0.528 e. The second-order valence-electron chi connectivity index (χ2n) is 17.4. The van der Waals surface area contributed by atoms with Crippen molar-refractivity contribution in [1.29, 1.82) is 0 Å². The van der Waals surface area contributed by atoms with Crippen molar-refractivity contribution in [1.82, 2.24) is 10.4 Å². The first-order valence-electron chi connectivity index (χ1n) is 22.2. The fraction of sp³-hybridized carbons (Fsp3) is 0.250. The molecule has 0 aliphatic carbocycles. The molecule has 1 N–H and O–H groups in total. The normalized spacial score (nSPS) is 15.6. The molecular formula is C56H56N2O7. The van der Waals surface area contributed by atoms with Crippen molar-refractivity contribution in [2.45, 2.75) is 76.8 Å². The topological polar surface area (TPSA) is 95.6 Å². The van der Waals surface area contributed by atoms with Crippen LogP contribution in [0.4, 0.5) is 9.59 Å². The Bertz CT molecular complexity index is 2520. The molecule has 7 aromatic rings. The van der Waals surface area contributed by atoms with Crippen LogP contribution in [0.1, 0.15) is 77.6 Å². The van der Waals surface area contributed by atoms with Crippen LogP contribution in [0.15, 0.2) is 182 Å². The summed E-state index contributed by atoms with van der Waals surface area (Å²) in [5.74, 6) is 0.00382. The lowest BCUT2D eigenvalue weighted by Gasteiger charge is -2.37. The quantitative estimate of drug-likeness (QED) is 0.0804. The molecule has 7 aromatic carbocycles. The third kappa shape index (κ3) is 11.5. The molecule has 1 aliphatic heterocycles. The van der Waals surface area contributed by atoms with E-state index in [9.17, 15) is 9.59 Å². The number of fused-ring (bicyclic) bond motifs is 1. The number of benzene rings is 7. The predicted molar refractivity (Wildman–Crippen MR) is 253 cm³/mol. The molecule has 0 saturated carbocycles. The van der Waals surface area contributed by atoms with Crippen molar-refractivity contribution in [2.75, 3.05) is 13.1 Å². The standard InChI is InChI=1S/C56H56N2O7/c1-55(2,3)64-54(60)65-58-34-33-50(45-30-27-42(28-31-45)38-62-53(59)57-36-41-17-8-4-9-18-41)52(37-58)61-39-43-29-32-44-19-16-20-46(51(44)35-43)40-63-56(47-21-10-5-11-22-47,48-23-12-6-13-24-48)49-25-14-7-15-26-49/h4-32,35,50,52H,33-34,36-40H2,1-3H3,(H,57,59). The van der Waals surface area contributed by atoms with E-state index in [0.717, 1.165) is 55.3 Å². The number of hydroxylamine groups is 2. The van der Waals surface area contributed by atoms with E-state index in [1.807, 2.05) is 81.4 Å². The third-order valence-corrected chi connectivity index (χ3v) is 11.7. The van der Waals surface area contributed by atoms with E-state index in [-0.39, 0.29) is 18.6 Å². The SMILES string of the molecule is CC(C)(C)OC(=O)ON1CCC(c2ccc(COC(=O)NCc3ccccc3)cc2)C(OCc2ccc3cccc(COC(c4ccccc4)(c4ccccc4)c4ccccc4)c3c2)C1. The van der Waals surface area contributed by atoms with Crippen molar-refractivity contribution >= 4 is 23.0 Å². The lowest BCUT2D eigenvalue weighted by Crippen LogP contribution is -2.45. The van der Waals surface area contributed by atoms with Crippen LogP contribution in [0.2, 0.25) is 0 Å². The van der Waals surface area contributed by atoms with Gasteiger partial charge in [0.15, 0.2) is 0 Å². The van der Waals surface area contributed by atoms with Gasteiger partial charge in [-0.3, -0.25) is 0 Å². The molecule has 1 amide bonds. The van der Waals surface area contributed by atoms with Crippen LogP contribution >= 0.6 is 0 Å². The molecule has 1 saturated heterocycles. The number of hydrogen-bond donors (Lipinski definition) is 1. The van der Waals surface area contributed by atoms with Crippen molar-refractivity contribution in [2.24, 2.45) is 0 Å². The molecule has 2 atom stereocenters. The third-order valence-electron chi connectivity index (χ3n) is 11.7. The van der Waals surface area contributed by atoms with E-state index in [1.54, 1.807) is 5.06 Å². The van der Waals surface area contributed by atoms with Crippen LogP contribution in [-0.4, -0.2) is 42.1 Å². The van der Waals surface area contributed by atoms with E-state index in [1.165, 1.54) is 0 Å². The zero-order valence-electron chi connectivity index (χ0n) is 37.2. The summed E-state index contributed by atoms with van der Waals surface area (Å²) in [6.07, 6.45) is -0.866. The smallest absolute Gasteiger partial charge is 0.445 e. The van der Waals surface area contributed by atoms with Gasteiger partial charge in [0.05, 0.1) is 25.9 Å². The van der Waals surface area contributed by atoms with E-state index in [0.29, 0.717) is 39.3 Å². The number of hydrogen-bond acceptors (Lipinski definition) is 8. The molecule has 332 valence electrons. The average Bonchev–Trinajstić information content (AvgIpc) is 3.33. The zero-order chi connectivity index (χ0) is 45.1. The Balaban J connectivity index is 1.00. The van der Waals surface area contributed by atoms with Crippen LogP contribution in [-0.2, 0) is 55.8 Å². The first-order chi connectivity index (χ1) is 31.6. The Morgan fingerprint density at radius 2 is 1.23 bits per heavy atom. The minimum absolute atomic E-state index is 0.00382. The van der Waals surface area contributed by atoms with Crippen LogP contribution in [0.3, 0.4) is 0 Å². The summed E-state index contributed by atoms with van der Waals surface area (Å²) in [5, 5.41) is 6.63. The van der Waals surface area contributed by atoms with Crippen molar-refractivity contribution in [3.05, 3.63) is 226 Å². The van der Waals surface area contributed by atoms with Crippen LogP contribution in [0.5, 0.6) is 0 Å². The molecule has 0 spiro atoms. The van der Waals surface area contributed by atoms with Crippen LogP contribution in [0, 0.1) is 0 Å². The summed E-state index contributed by atoms with van der Waals surface area (Å²) in [7, 11) is 0. The Morgan fingerprint density at radius 1 is 0.631 bits per heavy atom. The summed E-state index contributed by atoms with van der Waals surface area (Å²) < 4.78 is 25.1. The first-order valence-corrected chi connectivity index (χ1v) is 22.2. The second-order valence-corrected chi connectivity index (χ2v) is 17.4. The van der Waals surface area contributed by atoms with Gasteiger partial charge in [-0.1, -0.05) is 176 Å². The number of rotatable bonds is 15. The Kier molecular flexibility index (Phi) is 14.3. The number of piperidine rings is 1. The van der Waals surface area contributed by atoms with Crippen molar-refractivity contribution in [3.8, 4) is 0 Å². The van der Waals surface area contributed by atoms with Crippen LogP contribution < -0.4 is 5.32 Å². The Hall–Kier alpha value is -6.78. The molecule has 0 aromatic heterocycles. The van der Waals surface area contributed by atoms with Gasteiger partial charge in [-0.2, -0.15) is 0 Å². The molecule has 0 radical (unpaired) electrons. The van der Waals surface area contributed by atoms with Gasteiger partial charge in [0, 0.05) is 19.0 Å². The first kappa shape index (κ1) is 44.8. The lowest BCUT2D eigenvalue weighted by molar-refractivity contribution is -0.179. The van der Waals surface area contributed by atoms with Gasteiger partial charge in [-0.25, -0.2) is 9.59 Å². The minimum Gasteiger partial charge on any atom is -0.445 e. The van der Waals surface area contributed by atoms with Gasteiger partial charge >= 0.3 is 12.2 Å². The Labute approximate surface area is 381 Å². The summed E-state index contributed by atoms with van der Waals surface area (Å²) in [6, 6.07) is 61.8. The number of ether oxygens (including phenoxy) is 4. The highest BCUT2D eigenvalue weighted by Gasteiger charge is 2.38. The number of amides is 1. The number of nitrogens with zero attached hydrogens (tertiary/aromatic N) is 1. The van der Waals surface area contributed by atoms with E-state index in [2.05, 4.69) is 127 Å².